The second-order valence-electron chi connectivity index (χ2n) is 12.9. The van der Waals surface area contributed by atoms with Gasteiger partial charge in [0, 0.05) is 43.7 Å². The molecule has 238 valence electrons. The maximum Gasteiger partial charge on any atom is 0.238 e. The largest absolute Gasteiger partial charge is 0.456 e. The Labute approximate surface area is 291 Å². The highest BCUT2D eigenvalue weighted by Crippen LogP contribution is 2.42. The highest BCUT2D eigenvalue weighted by Gasteiger charge is 2.23. The number of aromatic nitrogens is 5. The van der Waals surface area contributed by atoms with Gasteiger partial charge in [-0.25, -0.2) is 4.98 Å². The summed E-state index contributed by atoms with van der Waals surface area (Å²) in [6.07, 6.45) is 0. The van der Waals surface area contributed by atoms with Crippen molar-refractivity contribution in [2.24, 2.45) is 0 Å². The van der Waals surface area contributed by atoms with E-state index in [2.05, 4.69) is 100 Å². The molecule has 0 bridgehead atoms. The molecule has 0 fully saturated rings. The normalized spacial score (nSPS) is 11.9. The first-order chi connectivity index (χ1) is 25.3. The van der Waals surface area contributed by atoms with Crippen LogP contribution >= 0.6 is 0 Å². The smallest absolute Gasteiger partial charge is 0.238 e. The Morgan fingerprint density at radius 3 is 1.63 bits per heavy atom. The Balaban J connectivity index is 1.28. The molecular weight excluding hydrogens is 627 g/mol. The van der Waals surface area contributed by atoms with E-state index in [0.29, 0.717) is 17.6 Å². The Bertz CT molecular complexity index is 3030. The summed E-state index contributed by atoms with van der Waals surface area (Å²) in [5, 5.41) is 6.73. The molecule has 11 aromatic rings. The van der Waals surface area contributed by atoms with Gasteiger partial charge in [0.05, 0.1) is 27.5 Å². The summed E-state index contributed by atoms with van der Waals surface area (Å²) in [7, 11) is 0. The first-order valence-corrected chi connectivity index (χ1v) is 17.0. The zero-order chi connectivity index (χ0) is 33.5. The quantitative estimate of drug-likeness (QED) is 0.190. The summed E-state index contributed by atoms with van der Waals surface area (Å²) >= 11 is 0. The zero-order valence-corrected chi connectivity index (χ0v) is 27.2. The van der Waals surface area contributed by atoms with Crippen molar-refractivity contribution < 1.29 is 4.42 Å². The fourth-order valence-electron chi connectivity index (χ4n) is 7.75. The van der Waals surface area contributed by atoms with Crippen molar-refractivity contribution >= 4 is 65.6 Å². The molecular formula is C45H27N5O. The van der Waals surface area contributed by atoms with Gasteiger partial charge < -0.3 is 8.98 Å². The van der Waals surface area contributed by atoms with E-state index in [9.17, 15) is 0 Å². The minimum atomic E-state index is 0.546. The molecule has 51 heavy (non-hydrogen) atoms. The molecule has 0 N–H and O–H groups in total. The monoisotopic (exact) mass is 653 g/mol. The van der Waals surface area contributed by atoms with Crippen LogP contribution in [0.2, 0.25) is 0 Å². The minimum absolute atomic E-state index is 0.546. The molecule has 0 spiro atoms. The Morgan fingerprint density at radius 2 is 0.961 bits per heavy atom. The molecule has 0 unspecified atom stereocenters. The van der Waals surface area contributed by atoms with Crippen molar-refractivity contribution in [1.29, 1.82) is 0 Å². The summed E-state index contributed by atoms with van der Waals surface area (Å²) in [6, 6.07) is 56.7. The van der Waals surface area contributed by atoms with Gasteiger partial charge in [0.2, 0.25) is 5.95 Å². The topological polar surface area (TPSA) is 61.7 Å². The average Bonchev–Trinajstić information content (AvgIpc) is 3.86. The van der Waals surface area contributed by atoms with Crippen LogP contribution < -0.4 is 0 Å². The predicted molar refractivity (Wildman–Crippen MR) is 207 cm³/mol. The van der Waals surface area contributed by atoms with Gasteiger partial charge in [-0.15, -0.1) is 0 Å². The third-order valence-corrected chi connectivity index (χ3v) is 9.98. The van der Waals surface area contributed by atoms with Crippen molar-refractivity contribution in [2.45, 2.75) is 0 Å². The number of rotatable bonds is 4. The number of para-hydroxylation sites is 3. The summed E-state index contributed by atoms with van der Waals surface area (Å²) < 4.78 is 11.0. The number of benzene rings is 7. The van der Waals surface area contributed by atoms with E-state index in [-0.39, 0.29) is 0 Å². The van der Waals surface area contributed by atoms with Gasteiger partial charge in [-0.2, -0.15) is 9.97 Å². The Kier molecular flexibility index (Phi) is 5.86. The highest BCUT2D eigenvalue weighted by atomic mass is 16.3. The summed E-state index contributed by atoms with van der Waals surface area (Å²) in [5.74, 6) is 1.77. The van der Waals surface area contributed by atoms with Gasteiger partial charge >= 0.3 is 0 Å². The molecule has 0 amide bonds. The number of fused-ring (bicyclic) bond motifs is 10. The number of nitrogens with zero attached hydrogens (tertiary/aromatic N) is 5. The van der Waals surface area contributed by atoms with Crippen molar-refractivity contribution in [3.8, 4) is 34.4 Å². The lowest BCUT2D eigenvalue weighted by Crippen LogP contribution is -2.06. The molecule has 0 saturated carbocycles. The molecule has 0 aliphatic heterocycles. The fraction of sp³-hybridized carbons (Fsp3) is 0. The van der Waals surface area contributed by atoms with E-state index in [1.54, 1.807) is 0 Å². The van der Waals surface area contributed by atoms with Gasteiger partial charge in [0.25, 0.3) is 0 Å². The van der Waals surface area contributed by atoms with Gasteiger partial charge in [0.1, 0.15) is 11.2 Å². The van der Waals surface area contributed by atoms with E-state index < -0.39 is 0 Å². The van der Waals surface area contributed by atoms with E-state index in [0.717, 1.165) is 60.6 Å². The second-order valence-corrected chi connectivity index (χ2v) is 12.9. The molecule has 11 rings (SSSR count). The second kappa shape index (κ2) is 10.7. The molecule has 4 aromatic heterocycles. The summed E-state index contributed by atoms with van der Waals surface area (Å²) in [4.78, 5) is 15.4. The van der Waals surface area contributed by atoms with Crippen LogP contribution in [0, 0.1) is 0 Å². The summed E-state index contributed by atoms with van der Waals surface area (Å²) in [5.41, 5.74) is 8.92. The van der Waals surface area contributed by atoms with E-state index in [4.69, 9.17) is 19.4 Å². The molecule has 0 saturated heterocycles. The highest BCUT2D eigenvalue weighted by molar-refractivity contribution is 6.24. The third kappa shape index (κ3) is 4.14. The van der Waals surface area contributed by atoms with Crippen molar-refractivity contribution in [3.63, 3.8) is 0 Å². The number of furan rings is 1. The van der Waals surface area contributed by atoms with E-state index >= 15 is 0 Å². The Hall–Kier alpha value is -7.05. The maximum absolute atomic E-state index is 6.44. The van der Waals surface area contributed by atoms with Crippen molar-refractivity contribution in [3.05, 3.63) is 164 Å². The van der Waals surface area contributed by atoms with Crippen molar-refractivity contribution in [1.82, 2.24) is 24.1 Å². The molecule has 6 nitrogen and oxygen atoms in total. The maximum atomic E-state index is 6.44. The lowest BCUT2D eigenvalue weighted by atomic mass is 10.1. The summed E-state index contributed by atoms with van der Waals surface area (Å²) in [6.45, 7) is 0. The molecule has 0 aliphatic rings. The van der Waals surface area contributed by atoms with Crippen LogP contribution in [0.5, 0.6) is 0 Å². The van der Waals surface area contributed by atoms with Crippen LogP contribution in [-0.2, 0) is 0 Å². The van der Waals surface area contributed by atoms with Crippen LogP contribution in [0.3, 0.4) is 0 Å². The predicted octanol–water partition coefficient (Wildman–Crippen LogP) is 11.3. The number of hydrogen-bond donors (Lipinski definition) is 0. The van der Waals surface area contributed by atoms with Crippen molar-refractivity contribution in [2.75, 3.05) is 0 Å². The molecule has 0 atom stereocenters. The van der Waals surface area contributed by atoms with Gasteiger partial charge in [-0.3, -0.25) is 4.57 Å². The molecule has 0 radical (unpaired) electrons. The minimum Gasteiger partial charge on any atom is -0.456 e. The molecule has 4 heterocycles. The molecule has 7 aromatic carbocycles. The van der Waals surface area contributed by atoms with Crippen LogP contribution in [0.1, 0.15) is 0 Å². The third-order valence-electron chi connectivity index (χ3n) is 9.98. The van der Waals surface area contributed by atoms with Crippen LogP contribution in [-0.4, -0.2) is 24.1 Å². The average molecular weight is 654 g/mol. The van der Waals surface area contributed by atoms with Crippen LogP contribution in [0.15, 0.2) is 168 Å². The number of hydrogen-bond acceptors (Lipinski definition) is 4. The first kappa shape index (κ1) is 27.9. The molecule has 0 aliphatic carbocycles. The lowest BCUT2D eigenvalue weighted by Gasteiger charge is -2.12. The van der Waals surface area contributed by atoms with Gasteiger partial charge in [-0.05, 0) is 48.5 Å². The SMILES string of the molecule is c1ccc(-c2nc(-c3ccccc3)nc(-n3c4ccc(-n5c6ccccc6c6ccccc65)cc4c4ccc5oc6ccccc6c5c43)n2)cc1. The van der Waals surface area contributed by atoms with Gasteiger partial charge in [0.15, 0.2) is 11.6 Å². The fourth-order valence-corrected chi connectivity index (χ4v) is 7.75. The standard InChI is InChI=1S/C45H27N5O/c1-3-13-28(14-4-1)43-46-44(29-15-5-2-6-16-29)48-45(47-43)50-38-25-23-30(49-36-20-10-7-17-31(36)32-18-8-11-21-37(32)49)27-35(38)33-24-26-40-41(42(33)50)34-19-9-12-22-39(34)51-40/h1-27H. The van der Waals surface area contributed by atoms with Crippen LogP contribution in [0.4, 0.5) is 0 Å². The molecule has 6 heteroatoms. The Morgan fingerprint density at radius 1 is 0.392 bits per heavy atom. The zero-order valence-electron chi connectivity index (χ0n) is 27.2. The van der Waals surface area contributed by atoms with E-state index in [1.165, 1.54) is 21.8 Å². The first-order valence-electron chi connectivity index (χ1n) is 17.0. The lowest BCUT2D eigenvalue weighted by molar-refractivity contribution is 0.669. The van der Waals surface area contributed by atoms with E-state index in [1.807, 2.05) is 72.8 Å². The van der Waals surface area contributed by atoms with Gasteiger partial charge in [-0.1, -0.05) is 115 Å². The van der Waals surface area contributed by atoms with Crippen LogP contribution in [0.25, 0.3) is 100.0 Å².